The van der Waals surface area contributed by atoms with Crippen molar-refractivity contribution in [3.05, 3.63) is 57.3 Å². The second-order valence-corrected chi connectivity index (χ2v) is 6.85. The zero-order valence-corrected chi connectivity index (χ0v) is 14.6. The average Bonchev–Trinajstić information content (AvgIpc) is 3.10. The molecule has 1 N–H and O–H groups in total. The second-order valence-electron chi connectivity index (χ2n) is 5.50. The summed E-state index contributed by atoms with van der Waals surface area (Å²) in [7, 11) is 0. The number of carbonyl (C=O) groups excluding carboxylic acids is 1. The molecular weight excluding hydrogens is 375 g/mol. The fraction of sp³-hybridized carbons (Fsp3) is 0.235. The molecule has 0 radical (unpaired) electrons. The Morgan fingerprint density at radius 2 is 2.08 bits per heavy atom. The fourth-order valence-electron chi connectivity index (χ4n) is 2.55. The molecule has 0 aliphatic rings. The van der Waals surface area contributed by atoms with Crippen LogP contribution >= 0.6 is 22.9 Å². The van der Waals surface area contributed by atoms with Crippen LogP contribution in [0.25, 0.3) is 10.1 Å². The highest BCUT2D eigenvalue weighted by atomic mass is 35.5. The highest BCUT2D eigenvalue weighted by Crippen LogP contribution is 2.34. The van der Waals surface area contributed by atoms with E-state index in [4.69, 9.17) is 11.6 Å². The van der Waals surface area contributed by atoms with Crippen LogP contribution in [0.4, 0.5) is 13.2 Å². The number of carbonyl (C=O) groups is 1. The van der Waals surface area contributed by atoms with Crippen molar-refractivity contribution in [2.24, 2.45) is 0 Å². The normalized spacial score (nSPS) is 11.9. The molecule has 8 heteroatoms. The van der Waals surface area contributed by atoms with Gasteiger partial charge in [0.25, 0.3) is 5.91 Å². The Hall–Kier alpha value is -1.99. The molecule has 1 amide bonds. The lowest BCUT2D eigenvalue weighted by molar-refractivity contribution is -0.153. The number of hydrogen-bond donors (Lipinski definition) is 1. The highest BCUT2D eigenvalue weighted by Gasteiger charge is 2.39. The number of fused-ring (bicyclic) bond motifs is 1. The average molecular weight is 388 g/mol. The van der Waals surface area contributed by atoms with Crippen LogP contribution in [0.15, 0.2) is 34.1 Å². The number of amides is 1. The minimum Gasteiger partial charge on any atom is -0.456 e. The van der Waals surface area contributed by atoms with Gasteiger partial charge < -0.3 is 9.73 Å². The monoisotopic (exact) mass is 387 g/mol. The van der Waals surface area contributed by atoms with E-state index in [2.05, 4.69) is 9.73 Å². The Bertz CT molecular complexity index is 930. The van der Waals surface area contributed by atoms with E-state index in [9.17, 15) is 18.0 Å². The Labute approximate surface area is 150 Å². The fourth-order valence-corrected chi connectivity index (χ4v) is 3.70. The van der Waals surface area contributed by atoms with Crippen LogP contribution in [-0.2, 0) is 12.6 Å². The van der Waals surface area contributed by atoms with Gasteiger partial charge in [-0.25, -0.2) is 0 Å². The van der Waals surface area contributed by atoms with E-state index < -0.39 is 23.4 Å². The third-order valence-electron chi connectivity index (χ3n) is 3.65. The van der Waals surface area contributed by atoms with Crippen LogP contribution in [0.1, 0.15) is 27.4 Å². The van der Waals surface area contributed by atoms with Gasteiger partial charge in [-0.3, -0.25) is 4.79 Å². The summed E-state index contributed by atoms with van der Waals surface area (Å²) < 4.78 is 44.4. The lowest BCUT2D eigenvalue weighted by atomic mass is 10.1. The van der Waals surface area contributed by atoms with E-state index >= 15 is 0 Å². The number of aryl methyl sites for hydroxylation is 1. The maximum Gasteiger partial charge on any atom is 0.450 e. The molecular formula is C17H13ClF3NO2S. The van der Waals surface area contributed by atoms with Gasteiger partial charge in [-0.15, -0.1) is 11.3 Å². The molecule has 0 fully saturated rings. The summed E-state index contributed by atoms with van der Waals surface area (Å²) >= 11 is 7.54. The molecule has 0 atom stereocenters. The maximum absolute atomic E-state index is 12.9. The van der Waals surface area contributed by atoms with Crippen LogP contribution in [0.2, 0.25) is 5.02 Å². The van der Waals surface area contributed by atoms with Gasteiger partial charge in [0.1, 0.15) is 5.76 Å². The smallest absolute Gasteiger partial charge is 0.450 e. The standard InChI is InChI=1S/C17H13ClF3NO2S/c1-9-6-13(15(24-9)17(19,20)21)16(23)22-5-4-10-8-25-14-3-2-11(18)7-12(10)14/h2-3,6-8H,4-5H2,1H3,(H,22,23). The van der Waals surface area contributed by atoms with E-state index in [1.807, 2.05) is 17.5 Å². The lowest BCUT2D eigenvalue weighted by Gasteiger charge is -2.07. The molecule has 2 heterocycles. The van der Waals surface area contributed by atoms with Crippen molar-refractivity contribution in [1.82, 2.24) is 5.32 Å². The highest BCUT2D eigenvalue weighted by molar-refractivity contribution is 7.17. The Balaban J connectivity index is 1.70. The third kappa shape index (κ3) is 3.82. The van der Waals surface area contributed by atoms with Crippen molar-refractivity contribution < 1.29 is 22.4 Å². The van der Waals surface area contributed by atoms with Crippen molar-refractivity contribution in [1.29, 1.82) is 0 Å². The topological polar surface area (TPSA) is 42.2 Å². The van der Waals surface area contributed by atoms with E-state index in [0.29, 0.717) is 11.4 Å². The minimum atomic E-state index is -4.71. The number of furan rings is 1. The number of nitrogens with one attached hydrogen (secondary N) is 1. The van der Waals surface area contributed by atoms with Gasteiger partial charge in [-0.1, -0.05) is 11.6 Å². The van der Waals surface area contributed by atoms with Crippen LogP contribution < -0.4 is 5.32 Å². The van der Waals surface area contributed by atoms with Gasteiger partial charge in [-0.2, -0.15) is 13.2 Å². The minimum absolute atomic E-state index is 0.0379. The largest absolute Gasteiger partial charge is 0.456 e. The van der Waals surface area contributed by atoms with Gasteiger partial charge in [0.05, 0.1) is 5.56 Å². The first kappa shape index (κ1) is 17.8. The first-order valence-corrected chi connectivity index (χ1v) is 8.63. The van der Waals surface area contributed by atoms with Crippen LogP contribution in [0.5, 0.6) is 0 Å². The number of hydrogen-bond acceptors (Lipinski definition) is 3. The molecule has 3 aromatic rings. The molecule has 2 aromatic heterocycles. The first-order valence-electron chi connectivity index (χ1n) is 7.37. The number of thiophene rings is 1. The molecule has 3 rings (SSSR count). The van der Waals surface area contributed by atoms with E-state index in [1.165, 1.54) is 6.92 Å². The SMILES string of the molecule is Cc1cc(C(=O)NCCc2csc3ccc(Cl)cc23)c(C(F)(F)F)o1. The van der Waals surface area contributed by atoms with Crippen molar-refractivity contribution in [3.8, 4) is 0 Å². The number of halogens is 4. The third-order valence-corrected chi connectivity index (χ3v) is 4.90. The predicted molar refractivity (Wildman–Crippen MR) is 91.3 cm³/mol. The Morgan fingerprint density at radius 1 is 1.32 bits per heavy atom. The van der Waals surface area contributed by atoms with Crippen LogP contribution in [-0.4, -0.2) is 12.5 Å². The molecule has 3 nitrogen and oxygen atoms in total. The molecule has 0 saturated heterocycles. The Kier molecular flexibility index (Phi) is 4.79. The lowest BCUT2D eigenvalue weighted by Crippen LogP contribution is -2.27. The molecule has 0 unspecified atom stereocenters. The molecule has 25 heavy (non-hydrogen) atoms. The summed E-state index contributed by atoms with van der Waals surface area (Å²) in [6.07, 6.45) is -4.22. The van der Waals surface area contributed by atoms with Crippen molar-refractivity contribution in [2.45, 2.75) is 19.5 Å². The van der Waals surface area contributed by atoms with Gasteiger partial charge in [-0.05, 0) is 53.9 Å². The molecule has 132 valence electrons. The second kappa shape index (κ2) is 6.72. The quantitative estimate of drug-likeness (QED) is 0.647. The number of rotatable bonds is 4. The van der Waals surface area contributed by atoms with Crippen molar-refractivity contribution >= 4 is 38.9 Å². The molecule has 0 aliphatic heterocycles. The van der Waals surface area contributed by atoms with Gasteiger partial charge in [0, 0.05) is 16.3 Å². The Morgan fingerprint density at radius 3 is 2.80 bits per heavy atom. The van der Waals surface area contributed by atoms with Crippen molar-refractivity contribution in [2.75, 3.05) is 6.54 Å². The summed E-state index contributed by atoms with van der Waals surface area (Å²) in [5.41, 5.74) is 0.491. The van der Waals surface area contributed by atoms with Gasteiger partial charge in [0.2, 0.25) is 5.76 Å². The number of benzene rings is 1. The van der Waals surface area contributed by atoms with Gasteiger partial charge >= 0.3 is 6.18 Å². The maximum atomic E-state index is 12.9. The summed E-state index contributed by atoms with van der Waals surface area (Å²) in [6.45, 7) is 1.58. The van der Waals surface area contributed by atoms with E-state index in [-0.39, 0.29) is 12.3 Å². The molecule has 0 aliphatic carbocycles. The molecule has 0 saturated carbocycles. The molecule has 0 bridgehead atoms. The zero-order valence-electron chi connectivity index (χ0n) is 13.0. The van der Waals surface area contributed by atoms with Crippen molar-refractivity contribution in [3.63, 3.8) is 0 Å². The molecule has 1 aromatic carbocycles. The first-order chi connectivity index (χ1) is 11.8. The predicted octanol–water partition coefficient (Wildman–Crippen LogP) is 5.45. The zero-order chi connectivity index (χ0) is 18.2. The summed E-state index contributed by atoms with van der Waals surface area (Å²) in [5.74, 6) is -2.03. The summed E-state index contributed by atoms with van der Waals surface area (Å²) in [6, 6.07) is 6.64. The summed E-state index contributed by atoms with van der Waals surface area (Å²) in [5, 5.41) is 6.07. The van der Waals surface area contributed by atoms with Crippen LogP contribution in [0, 0.1) is 6.92 Å². The van der Waals surface area contributed by atoms with E-state index in [1.54, 1.807) is 17.4 Å². The molecule has 0 spiro atoms. The van der Waals surface area contributed by atoms with Gasteiger partial charge in [0.15, 0.2) is 0 Å². The van der Waals surface area contributed by atoms with E-state index in [0.717, 1.165) is 21.7 Å². The number of alkyl halides is 3. The van der Waals surface area contributed by atoms with Crippen LogP contribution in [0.3, 0.4) is 0 Å². The summed E-state index contributed by atoms with van der Waals surface area (Å²) in [4.78, 5) is 12.1.